The van der Waals surface area contributed by atoms with E-state index in [1.165, 1.54) is 20.1 Å². The lowest BCUT2D eigenvalue weighted by molar-refractivity contribution is -0.123. The summed E-state index contributed by atoms with van der Waals surface area (Å²) in [5, 5.41) is 26.3. The number of halogens is 1. The van der Waals surface area contributed by atoms with E-state index in [4.69, 9.17) is 21.1 Å². The van der Waals surface area contributed by atoms with E-state index in [0.717, 1.165) is 23.8 Å². The van der Waals surface area contributed by atoms with Crippen molar-refractivity contribution in [1.29, 1.82) is 0 Å². The summed E-state index contributed by atoms with van der Waals surface area (Å²) in [5.74, 6) is -2.99. The van der Waals surface area contributed by atoms with Crippen molar-refractivity contribution in [2.45, 2.75) is 25.8 Å². The molecule has 0 saturated heterocycles. The van der Waals surface area contributed by atoms with E-state index in [0.29, 0.717) is 10.6 Å². The fraction of sp³-hybridized carbons (Fsp3) is 0.179. The van der Waals surface area contributed by atoms with Crippen LogP contribution in [0.1, 0.15) is 35.3 Å². The van der Waals surface area contributed by atoms with E-state index in [-0.39, 0.29) is 40.7 Å². The molecule has 0 fully saturated rings. The molecule has 1 amide bonds. The number of methoxy groups -OCH3 is 1. The van der Waals surface area contributed by atoms with Crippen LogP contribution in [-0.4, -0.2) is 34.8 Å². The van der Waals surface area contributed by atoms with E-state index >= 15 is 0 Å². The van der Waals surface area contributed by atoms with Crippen molar-refractivity contribution in [3.8, 4) is 17.2 Å². The van der Waals surface area contributed by atoms with Gasteiger partial charge in [-0.25, -0.2) is 0 Å². The quantitative estimate of drug-likeness (QED) is 0.419. The number of ether oxygens (including phenoxy) is 2. The molecule has 0 bridgehead atoms. The zero-order valence-corrected chi connectivity index (χ0v) is 20.9. The summed E-state index contributed by atoms with van der Waals surface area (Å²) < 4.78 is 11.3. The third-order valence-electron chi connectivity index (χ3n) is 6.84. The number of aliphatic hydroxyl groups is 1. The zero-order valence-electron chi connectivity index (χ0n) is 20.1. The number of amides is 1. The Hall–Kier alpha value is -4.30. The van der Waals surface area contributed by atoms with Crippen molar-refractivity contribution < 1.29 is 34.1 Å². The fourth-order valence-electron chi connectivity index (χ4n) is 4.97. The molecule has 3 aromatic carbocycles. The van der Waals surface area contributed by atoms with E-state index in [9.17, 15) is 24.6 Å². The lowest BCUT2D eigenvalue weighted by Gasteiger charge is -2.27. The van der Waals surface area contributed by atoms with Crippen LogP contribution >= 0.6 is 11.6 Å². The lowest BCUT2D eigenvalue weighted by Crippen LogP contribution is -2.38. The molecule has 1 heterocycles. The van der Waals surface area contributed by atoms with Gasteiger partial charge < -0.3 is 25.0 Å². The first-order chi connectivity index (χ1) is 17.6. The largest absolute Gasteiger partial charge is 0.507 e. The number of Topliss-reactive ketones (excluding diaryl/α,β-unsaturated/α-hetero) is 2. The molecule has 37 heavy (non-hydrogen) atoms. The number of hydrogen-bond acceptors (Lipinski definition) is 7. The molecular formula is C28H22ClNO7. The molecule has 2 aliphatic rings. The minimum absolute atomic E-state index is 0.00384. The molecule has 188 valence electrons. The van der Waals surface area contributed by atoms with Gasteiger partial charge in [-0.15, -0.1) is 0 Å². The molecule has 3 N–H and O–H groups in total. The molecule has 3 aromatic rings. The van der Waals surface area contributed by atoms with Gasteiger partial charge in [-0.1, -0.05) is 41.9 Å². The Labute approximate surface area is 216 Å². The highest BCUT2D eigenvalue weighted by molar-refractivity contribution is 6.32. The second kappa shape index (κ2) is 8.67. The average molecular weight is 520 g/mol. The first-order valence-electron chi connectivity index (χ1n) is 11.4. The Morgan fingerprint density at radius 3 is 2.59 bits per heavy atom. The van der Waals surface area contributed by atoms with Crippen LogP contribution in [0.25, 0.3) is 10.8 Å². The maximum Gasteiger partial charge on any atom is 0.259 e. The monoisotopic (exact) mass is 519 g/mol. The SMILES string of the molecule is COc1cc(O)c2c(c1C(=O)NCc1c(Cl)ccc3ccccc13)OC1=CC(O)=C(C(C)=O)C(=O)[C@]12C. The van der Waals surface area contributed by atoms with E-state index in [2.05, 4.69) is 5.32 Å². The third kappa shape index (κ3) is 3.55. The first-order valence-corrected chi connectivity index (χ1v) is 11.7. The number of rotatable bonds is 5. The number of carbonyl (C=O) groups is 3. The van der Waals surface area contributed by atoms with Crippen LogP contribution in [0.3, 0.4) is 0 Å². The van der Waals surface area contributed by atoms with Gasteiger partial charge in [-0.2, -0.15) is 0 Å². The molecule has 9 heteroatoms. The average Bonchev–Trinajstić information content (AvgIpc) is 3.16. The lowest BCUT2D eigenvalue weighted by atomic mass is 9.71. The first kappa shape index (κ1) is 24.4. The predicted molar refractivity (Wildman–Crippen MR) is 136 cm³/mol. The highest BCUT2D eigenvalue weighted by Gasteiger charge is 2.55. The van der Waals surface area contributed by atoms with Crippen LogP contribution in [0.4, 0.5) is 0 Å². The minimum atomic E-state index is -1.63. The van der Waals surface area contributed by atoms with Crippen molar-refractivity contribution in [3.05, 3.63) is 87.3 Å². The van der Waals surface area contributed by atoms with Crippen LogP contribution in [0.2, 0.25) is 5.02 Å². The normalized spacial score (nSPS) is 18.2. The molecule has 1 aliphatic heterocycles. The number of phenols is 1. The van der Waals surface area contributed by atoms with E-state index in [1.807, 2.05) is 30.3 Å². The number of hydrogen-bond donors (Lipinski definition) is 3. The van der Waals surface area contributed by atoms with Crippen LogP contribution in [0, 0.1) is 0 Å². The Morgan fingerprint density at radius 2 is 1.89 bits per heavy atom. The Balaban J connectivity index is 1.59. The summed E-state index contributed by atoms with van der Waals surface area (Å²) in [5.41, 5.74) is -1.38. The summed E-state index contributed by atoms with van der Waals surface area (Å²) in [4.78, 5) is 39.0. The second-order valence-electron chi connectivity index (χ2n) is 8.99. The Morgan fingerprint density at radius 1 is 1.16 bits per heavy atom. The van der Waals surface area contributed by atoms with Gasteiger partial charge in [-0.05, 0) is 36.2 Å². The number of fused-ring (bicyclic) bond motifs is 4. The summed E-state index contributed by atoms with van der Waals surface area (Å²) in [6, 6.07) is 12.5. The van der Waals surface area contributed by atoms with Crippen molar-refractivity contribution in [2.24, 2.45) is 0 Å². The highest BCUT2D eigenvalue weighted by atomic mass is 35.5. The van der Waals surface area contributed by atoms with Gasteiger partial charge in [-0.3, -0.25) is 14.4 Å². The van der Waals surface area contributed by atoms with Gasteiger partial charge in [0.1, 0.15) is 39.6 Å². The molecule has 0 saturated carbocycles. The van der Waals surface area contributed by atoms with Gasteiger partial charge in [0.05, 0.1) is 12.7 Å². The summed E-state index contributed by atoms with van der Waals surface area (Å²) >= 11 is 6.44. The molecule has 0 spiro atoms. The number of benzene rings is 3. The van der Waals surface area contributed by atoms with Gasteiger partial charge in [0.15, 0.2) is 17.3 Å². The standard InChI is InChI=1S/C28H22ClNO7/c1-13(31)22-18(32)11-21-28(2,26(22)34)24-19(33)10-20(36-3)23(25(24)37-21)27(35)30-12-16-15-7-5-4-6-14(15)8-9-17(16)29/h4-11,32-33H,12H2,1-3H3,(H,30,35)/t28-/m1/s1. The molecule has 8 nitrogen and oxygen atoms in total. The van der Waals surface area contributed by atoms with E-state index in [1.54, 1.807) is 6.07 Å². The van der Waals surface area contributed by atoms with Crippen LogP contribution in [0.5, 0.6) is 17.2 Å². The van der Waals surface area contributed by atoms with Gasteiger partial charge in [0, 0.05) is 23.7 Å². The van der Waals surface area contributed by atoms with Crippen molar-refractivity contribution >= 4 is 39.8 Å². The fourth-order valence-corrected chi connectivity index (χ4v) is 5.20. The molecule has 0 unspecified atom stereocenters. The smallest absolute Gasteiger partial charge is 0.259 e. The number of nitrogens with one attached hydrogen (secondary N) is 1. The molecule has 5 rings (SSSR count). The maximum absolute atomic E-state index is 13.5. The number of carbonyl (C=O) groups excluding carboxylic acids is 3. The van der Waals surface area contributed by atoms with Crippen LogP contribution in [-0.2, 0) is 21.5 Å². The molecular weight excluding hydrogens is 498 g/mol. The molecule has 0 aromatic heterocycles. The second-order valence-corrected chi connectivity index (χ2v) is 9.40. The highest BCUT2D eigenvalue weighted by Crippen LogP contribution is 2.56. The number of aliphatic hydroxyl groups excluding tert-OH is 1. The number of allylic oxidation sites excluding steroid dienone is 3. The summed E-state index contributed by atoms with van der Waals surface area (Å²) in [6.07, 6.45) is 1.15. The third-order valence-corrected chi connectivity index (χ3v) is 7.20. The molecule has 1 atom stereocenters. The van der Waals surface area contributed by atoms with Crippen molar-refractivity contribution in [2.75, 3.05) is 7.11 Å². The van der Waals surface area contributed by atoms with Gasteiger partial charge >= 0.3 is 0 Å². The van der Waals surface area contributed by atoms with Crippen LogP contribution in [0.15, 0.2) is 65.6 Å². The van der Waals surface area contributed by atoms with Crippen LogP contribution < -0.4 is 14.8 Å². The maximum atomic E-state index is 13.5. The summed E-state index contributed by atoms with van der Waals surface area (Å²) in [6.45, 7) is 2.70. The molecule has 1 aliphatic carbocycles. The van der Waals surface area contributed by atoms with E-state index < -0.39 is 34.2 Å². The Kier molecular flexibility index (Phi) is 5.72. The van der Waals surface area contributed by atoms with Gasteiger partial charge in [0.25, 0.3) is 5.91 Å². The predicted octanol–water partition coefficient (Wildman–Crippen LogP) is 4.66. The van der Waals surface area contributed by atoms with Gasteiger partial charge in [0.2, 0.25) is 0 Å². The number of ketones is 2. The zero-order chi connectivity index (χ0) is 26.6. The number of aromatic hydroxyl groups is 1. The minimum Gasteiger partial charge on any atom is -0.507 e. The molecule has 0 radical (unpaired) electrons. The van der Waals surface area contributed by atoms with Crippen molar-refractivity contribution in [1.82, 2.24) is 5.32 Å². The Bertz CT molecular complexity index is 1600. The van der Waals surface area contributed by atoms with Crippen molar-refractivity contribution in [3.63, 3.8) is 0 Å². The summed E-state index contributed by atoms with van der Waals surface area (Å²) in [7, 11) is 1.33. The number of phenolic OH excluding ortho intramolecular Hbond substituents is 1. The topological polar surface area (TPSA) is 122 Å².